The van der Waals surface area contributed by atoms with E-state index in [0.717, 1.165) is 24.4 Å². The molecule has 0 bridgehead atoms. The zero-order valence-corrected chi connectivity index (χ0v) is 61.0. The van der Waals surface area contributed by atoms with Crippen molar-refractivity contribution in [3.63, 3.8) is 0 Å². The molecule has 34 heteroatoms. The van der Waals surface area contributed by atoms with Crippen molar-refractivity contribution in [2.75, 3.05) is 63.6 Å². The fourth-order valence-corrected chi connectivity index (χ4v) is 10.9. The van der Waals surface area contributed by atoms with Crippen LogP contribution in [0.15, 0.2) is 176 Å². The fourth-order valence-electron chi connectivity index (χ4n) is 10.3. The van der Waals surface area contributed by atoms with Crippen LogP contribution in [0.5, 0.6) is 17.2 Å². The zero-order valence-electron chi connectivity index (χ0n) is 57.9. The zero-order chi connectivity index (χ0) is 79.4. The molecule has 5 N–H and O–H groups in total. The lowest BCUT2D eigenvalue weighted by atomic mass is 10.1. The van der Waals surface area contributed by atoms with Crippen LogP contribution in [-0.2, 0) is 14.2 Å². The lowest BCUT2D eigenvalue weighted by molar-refractivity contribution is 0.0591. The van der Waals surface area contributed by atoms with Gasteiger partial charge in [-0.25, -0.2) is 67.7 Å². The molecule has 0 spiro atoms. The smallest absolute Gasteiger partial charge is 0.338 e. The van der Waals surface area contributed by atoms with Gasteiger partial charge in [0.25, 0.3) is 0 Å². The van der Waals surface area contributed by atoms with Crippen LogP contribution in [0.4, 0.5) is 37.3 Å². The van der Waals surface area contributed by atoms with Gasteiger partial charge < -0.3 is 63.1 Å². The molecule has 2 aliphatic rings. The van der Waals surface area contributed by atoms with Gasteiger partial charge in [0.2, 0.25) is 17.7 Å². The SMILES string of the molecule is COC(=O)c1cc(Br)ncc1-c1nc2ccc(C#N)cc2o1.COC(=O)c1cc(Cl)ncc1-c1nc2ccc(C#N)cc2o1.COC(=O)c1cc(Cl)ncc1C=O.Fc1ccc2c(c1)NCCCO2.N#Cc1ccc2nc(-c3cnc(N4CCCOc5ccc(F)cc54)cc3C(=O)O)oc2c1.[C-]#[N+]c1ccc(N)c(O)c1. The summed E-state index contributed by atoms with van der Waals surface area (Å²) in [6.07, 6.45) is 7.60. The lowest BCUT2D eigenvalue weighted by Crippen LogP contribution is -2.20. The summed E-state index contributed by atoms with van der Waals surface area (Å²) in [5.41, 5.74) is 13.2. The maximum atomic E-state index is 13.9. The number of nitrogens with one attached hydrogen (secondary N) is 1. The van der Waals surface area contributed by atoms with Crippen molar-refractivity contribution in [1.82, 2.24) is 34.9 Å². The van der Waals surface area contributed by atoms with Crippen molar-refractivity contribution >= 4 is 131 Å². The molecule has 13 aromatic rings. The molecule has 0 saturated heterocycles. The first-order valence-corrected chi connectivity index (χ1v) is 33.8. The number of carboxylic acids is 1. The number of pyridine rings is 4. The number of nitrogens with zero attached hydrogens (tertiary/aromatic N) is 12. The molecule has 0 atom stereocenters. The highest BCUT2D eigenvalue weighted by molar-refractivity contribution is 9.10. The first-order valence-electron chi connectivity index (χ1n) is 32.2. The first-order chi connectivity index (χ1) is 53.5. The average molecular weight is 1600 g/mol. The van der Waals surface area contributed by atoms with Gasteiger partial charge in [-0.1, -0.05) is 29.3 Å². The molecule has 556 valence electrons. The number of nitrogens with two attached hydrogens (primary N) is 1. The number of methoxy groups -OCH3 is 3. The number of ether oxygens (including phenoxy) is 5. The van der Waals surface area contributed by atoms with Gasteiger partial charge in [-0.2, -0.15) is 15.8 Å². The summed E-state index contributed by atoms with van der Waals surface area (Å²) >= 11 is 14.6. The number of aromatic carboxylic acids is 1. The number of benzene rings is 6. The summed E-state index contributed by atoms with van der Waals surface area (Å²) in [5.74, 6) is -1.47. The Kier molecular flexibility index (Phi) is 26.2. The van der Waals surface area contributed by atoms with Crippen LogP contribution in [0.2, 0.25) is 10.3 Å². The molecule has 6 aromatic carbocycles. The maximum absolute atomic E-state index is 13.9. The van der Waals surface area contributed by atoms with Crippen molar-refractivity contribution in [3.8, 4) is 69.8 Å². The number of hydrogen-bond donors (Lipinski definition) is 4. The van der Waals surface area contributed by atoms with Crippen LogP contribution in [-0.4, -0.2) is 123 Å². The highest BCUT2D eigenvalue weighted by atomic mass is 79.9. The molecule has 9 heterocycles. The van der Waals surface area contributed by atoms with E-state index in [2.05, 4.69) is 65.7 Å². The number of carboxylic acid groups (broad SMARTS) is 1. The number of hydrogen-bond acceptors (Lipinski definition) is 27. The molecule has 7 aromatic heterocycles. The number of oxazole rings is 3. The number of aromatic hydroxyl groups is 1. The quantitative estimate of drug-likeness (QED) is 0.0198. The summed E-state index contributed by atoms with van der Waals surface area (Å²) < 4.78 is 69.1. The van der Waals surface area contributed by atoms with Crippen molar-refractivity contribution in [1.29, 1.82) is 15.8 Å². The second kappa shape index (κ2) is 36.7. The number of nitriles is 3. The van der Waals surface area contributed by atoms with Crippen LogP contribution in [0.1, 0.15) is 81.3 Å². The second-order valence-corrected chi connectivity index (χ2v) is 24.3. The number of anilines is 4. The second-order valence-electron chi connectivity index (χ2n) is 22.7. The van der Waals surface area contributed by atoms with Crippen LogP contribution in [0.3, 0.4) is 0 Å². The Morgan fingerprint density at radius 1 is 0.613 bits per heavy atom. The Bertz CT molecular complexity index is 5760. The van der Waals surface area contributed by atoms with Crippen LogP contribution in [0, 0.1) is 52.2 Å². The molecule has 0 saturated carbocycles. The molecule has 0 aliphatic carbocycles. The summed E-state index contributed by atoms with van der Waals surface area (Å²) in [6.45, 7) is 9.05. The van der Waals surface area contributed by atoms with E-state index in [0.29, 0.717) is 127 Å². The molecule has 15 rings (SSSR count). The van der Waals surface area contributed by atoms with Gasteiger partial charge >= 0.3 is 23.9 Å². The van der Waals surface area contributed by atoms with Gasteiger partial charge in [-0.05, 0) is 126 Å². The van der Waals surface area contributed by atoms with Crippen molar-refractivity contribution in [2.45, 2.75) is 12.8 Å². The summed E-state index contributed by atoms with van der Waals surface area (Å²) in [6, 6.07) is 39.4. The average Bonchev–Trinajstić information content (AvgIpc) is 1.69. The minimum Gasteiger partial charge on any atom is -0.507 e. The molecule has 111 heavy (non-hydrogen) atoms. The third-order valence-corrected chi connectivity index (χ3v) is 16.4. The number of aromatic nitrogens is 7. The third-order valence-electron chi connectivity index (χ3n) is 15.6. The topological polar surface area (TPSA) is 419 Å². The molecule has 29 nitrogen and oxygen atoms in total. The standard InChI is InChI=1S/C23H15FN4O4.C15H8BrN3O3.C15H8ClN3O3.C9H10FNO.C8H6ClNO3.C7H6N2O/c24-14-3-5-19-18(9-14)28(6-1-7-31-19)21-10-15(23(29)30)16(12-26-21)22-27-17-4-2-13(11-25)8-20(17)32-22;2*1-21-15(20)9-5-13(16)18-7-10(9)14-19-11-3-2-8(6-17)4-12(11)22-14;10-7-2-3-9-8(6-7)11-4-1-5-12-9;1-13-8(12)6-2-7(9)10-3-5(6)4-11;1-9-5-2-3-6(8)7(10)4-5/h2-5,8-10,12H,1,6-7H2,(H,29,30);2*2-5,7H,1H3;2-3,6,11H,1,4-5H2;2-4H,1H3;2-4,10H,8H2. The number of nitrogen functional groups attached to an aromatic ring is 1. The number of phenolic OH excluding ortho intramolecular Hbond substituents is 1. The van der Waals surface area contributed by atoms with E-state index in [9.17, 15) is 37.9 Å². The van der Waals surface area contributed by atoms with Crippen molar-refractivity contribution < 1.29 is 79.9 Å². The number of aldehydes is 1. The summed E-state index contributed by atoms with van der Waals surface area (Å²) in [7, 11) is 3.79. The predicted octanol–water partition coefficient (Wildman–Crippen LogP) is 15.9. The minimum atomic E-state index is -1.19. The molecule has 0 fully saturated rings. The third kappa shape index (κ3) is 19.6. The monoisotopic (exact) mass is 1600 g/mol. The van der Waals surface area contributed by atoms with E-state index in [1.165, 1.54) is 113 Å². The maximum Gasteiger partial charge on any atom is 0.338 e. The van der Waals surface area contributed by atoms with Gasteiger partial charge in [0.15, 0.2) is 28.7 Å². The highest BCUT2D eigenvalue weighted by Crippen LogP contribution is 2.39. The number of esters is 3. The van der Waals surface area contributed by atoms with E-state index in [1.54, 1.807) is 71.6 Å². The molecule has 0 unspecified atom stereocenters. The van der Waals surface area contributed by atoms with Crippen LogP contribution in [0.25, 0.3) is 72.5 Å². The fraction of sp³-hybridized carbons (Fsp3) is 0.117. The number of halogens is 5. The molecular weight excluding hydrogens is 1550 g/mol. The predicted molar refractivity (Wildman–Crippen MR) is 401 cm³/mol. The highest BCUT2D eigenvalue weighted by Gasteiger charge is 2.26. The van der Waals surface area contributed by atoms with Crippen molar-refractivity contribution in [3.05, 3.63) is 241 Å². The van der Waals surface area contributed by atoms with Gasteiger partial charge in [-0.15, -0.1) is 0 Å². The van der Waals surface area contributed by atoms with Gasteiger partial charge in [0.05, 0.1) is 132 Å². The van der Waals surface area contributed by atoms with E-state index < -0.39 is 29.7 Å². The Morgan fingerprint density at radius 3 is 1.63 bits per heavy atom. The van der Waals surface area contributed by atoms with E-state index in [-0.39, 0.29) is 72.9 Å². The largest absolute Gasteiger partial charge is 0.507 e. The van der Waals surface area contributed by atoms with E-state index in [4.69, 9.17) is 88.6 Å². The Balaban J connectivity index is 0.000000148. The summed E-state index contributed by atoms with van der Waals surface area (Å²) in [4.78, 5) is 91.3. The molecule has 0 radical (unpaired) electrons. The van der Waals surface area contributed by atoms with Crippen LogP contribution >= 0.6 is 39.1 Å². The van der Waals surface area contributed by atoms with Gasteiger partial charge in [0.1, 0.15) is 66.2 Å². The number of carbonyl (C=O) groups excluding carboxylic acids is 4. The Morgan fingerprint density at radius 2 is 1.10 bits per heavy atom. The number of fused-ring (bicyclic) bond motifs is 5. The summed E-state index contributed by atoms with van der Waals surface area (Å²) in [5, 5.41) is 49.1. The number of rotatable bonds is 9. The van der Waals surface area contributed by atoms with Gasteiger partial charge in [0, 0.05) is 73.8 Å². The lowest BCUT2D eigenvalue weighted by Gasteiger charge is -2.23. The molecule has 2 aliphatic heterocycles. The Hall–Kier alpha value is -14.4. The van der Waals surface area contributed by atoms with Crippen LogP contribution < -0.4 is 25.4 Å². The minimum absolute atomic E-state index is 0.0338. The molecular formula is C77H53BrCl2F2N14O15. The van der Waals surface area contributed by atoms with Gasteiger partial charge in [-0.3, -0.25) is 4.79 Å². The number of phenols is 1. The number of carbonyl (C=O) groups is 5. The van der Waals surface area contributed by atoms with Crippen molar-refractivity contribution in [2.24, 2.45) is 0 Å². The first kappa shape index (κ1) is 79.1. The van der Waals surface area contributed by atoms with E-state index in [1.807, 2.05) is 18.2 Å². The molecule has 0 amide bonds. The Labute approximate surface area is 645 Å². The normalized spacial score (nSPS) is 11.5. The van der Waals surface area contributed by atoms with E-state index >= 15 is 0 Å².